The third kappa shape index (κ3) is 6.02. The molecule has 0 unspecified atom stereocenters. The van der Waals surface area contributed by atoms with Crippen LogP contribution in [0.5, 0.6) is 5.75 Å². The summed E-state index contributed by atoms with van der Waals surface area (Å²) in [6, 6.07) is 16.4. The van der Waals surface area contributed by atoms with E-state index in [1.54, 1.807) is 12.1 Å². The van der Waals surface area contributed by atoms with Gasteiger partial charge in [0.2, 0.25) is 0 Å². The first-order valence-corrected chi connectivity index (χ1v) is 10.6. The third-order valence-corrected chi connectivity index (χ3v) is 5.51. The van der Waals surface area contributed by atoms with Crippen molar-refractivity contribution in [3.8, 4) is 5.75 Å². The van der Waals surface area contributed by atoms with Crippen LogP contribution in [-0.2, 0) is 23.0 Å². The lowest BCUT2D eigenvalue weighted by molar-refractivity contribution is 0.0925. The Balaban J connectivity index is 1.48. The van der Waals surface area contributed by atoms with E-state index in [1.807, 2.05) is 31.2 Å². The summed E-state index contributed by atoms with van der Waals surface area (Å²) in [7, 11) is -1.38. The lowest BCUT2D eigenvalue weighted by Gasteiger charge is -2.06. The van der Waals surface area contributed by atoms with E-state index in [-0.39, 0.29) is 23.2 Å². The average Bonchev–Trinajstić information content (AvgIpc) is 3.18. The second kappa shape index (κ2) is 10.0. The van der Waals surface area contributed by atoms with Crippen molar-refractivity contribution >= 4 is 16.7 Å². The highest BCUT2D eigenvalue weighted by Gasteiger charge is 2.13. The van der Waals surface area contributed by atoms with Gasteiger partial charge in [0, 0.05) is 11.4 Å². The lowest BCUT2D eigenvalue weighted by atomic mass is 10.1. The van der Waals surface area contributed by atoms with E-state index in [1.165, 1.54) is 24.3 Å². The second-order valence-electron chi connectivity index (χ2n) is 6.29. The summed E-state index contributed by atoms with van der Waals surface area (Å²) >= 11 is 0. The number of amides is 1. The smallest absolute Gasteiger partial charge is 0.287 e. The number of rotatable bonds is 9. The van der Waals surface area contributed by atoms with Gasteiger partial charge in [-0.05, 0) is 67.4 Å². The molecule has 0 radical (unpaired) electrons. The number of hydrogen-bond acceptors (Lipinski definition) is 4. The molecule has 152 valence electrons. The van der Waals surface area contributed by atoms with Crippen LogP contribution in [0.1, 0.15) is 28.8 Å². The number of furan rings is 1. The Morgan fingerprint density at radius 3 is 2.48 bits per heavy atom. The Hall–Kier alpha value is -2.93. The number of hydrogen-bond donors (Lipinski definition) is 1. The Labute approximate surface area is 171 Å². The molecule has 1 aromatic heterocycles. The molecule has 1 atom stereocenters. The van der Waals surface area contributed by atoms with E-state index in [4.69, 9.17) is 9.15 Å². The lowest BCUT2D eigenvalue weighted by Crippen LogP contribution is -2.25. The van der Waals surface area contributed by atoms with Crippen LogP contribution >= 0.6 is 0 Å². The highest BCUT2D eigenvalue weighted by molar-refractivity contribution is 7.84. The SMILES string of the molecule is CCOc1ccc(CCNC(=O)c2ccc(C[S@@](=O)c3ccc(F)cc3)o2)cc1. The number of carbonyl (C=O) groups is 1. The molecule has 0 aliphatic carbocycles. The van der Waals surface area contributed by atoms with Crippen LogP contribution < -0.4 is 10.1 Å². The molecule has 0 aliphatic rings. The van der Waals surface area contributed by atoms with Gasteiger partial charge in [-0.15, -0.1) is 0 Å². The normalized spacial score (nSPS) is 11.8. The topological polar surface area (TPSA) is 68.5 Å². The summed E-state index contributed by atoms with van der Waals surface area (Å²) in [6.07, 6.45) is 0.681. The van der Waals surface area contributed by atoms with E-state index >= 15 is 0 Å². The van der Waals surface area contributed by atoms with E-state index in [9.17, 15) is 13.4 Å². The van der Waals surface area contributed by atoms with E-state index in [2.05, 4.69) is 5.32 Å². The predicted octanol–water partition coefficient (Wildman–Crippen LogP) is 4.10. The van der Waals surface area contributed by atoms with Gasteiger partial charge < -0.3 is 14.5 Å². The zero-order chi connectivity index (χ0) is 20.6. The van der Waals surface area contributed by atoms with Crippen molar-refractivity contribution in [2.45, 2.75) is 24.0 Å². The van der Waals surface area contributed by atoms with E-state index < -0.39 is 10.8 Å². The van der Waals surface area contributed by atoms with Gasteiger partial charge in [-0.1, -0.05) is 12.1 Å². The fraction of sp³-hybridized carbons (Fsp3) is 0.227. The first-order valence-electron chi connectivity index (χ1n) is 9.27. The molecule has 5 nitrogen and oxygen atoms in total. The molecule has 0 spiro atoms. The minimum absolute atomic E-state index is 0.116. The van der Waals surface area contributed by atoms with Crippen molar-refractivity contribution in [1.29, 1.82) is 0 Å². The zero-order valence-electron chi connectivity index (χ0n) is 16.0. The first kappa shape index (κ1) is 20.8. The summed E-state index contributed by atoms with van der Waals surface area (Å²) < 4.78 is 36.2. The van der Waals surface area contributed by atoms with Gasteiger partial charge in [-0.25, -0.2) is 4.39 Å². The largest absolute Gasteiger partial charge is 0.494 e. The molecular formula is C22H22FNO4S. The molecule has 0 fully saturated rings. The molecule has 1 N–H and O–H groups in total. The van der Waals surface area contributed by atoms with Crippen LogP contribution in [0.4, 0.5) is 4.39 Å². The number of nitrogens with one attached hydrogen (secondary N) is 1. The molecule has 7 heteroatoms. The molecular weight excluding hydrogens is 393 g/mol. The third-order valence-electron chi connectivity index (χ3n) is 4.17. The van der Waals surface area contributed by atoms with Gasteiger partial charge in [0.05, 0.1) is 23.2 Å². The van der Waals surface area contributed by atoms with Crippen LogP contribution in [0, 0.1) is 5.82 Å². The van der Waals surface area contributed by atoms with Gasteiger partial charge in [0.25, 0.3) is 5.91 Å². The Morgan fingerprint density at radius 2 is 1.79 bits per heavy atom. The molecule has 0 aliphatic heterocycles. The summed E-state index contributed by atoms with van der Waals surface area (Å²) in [5, 5.41) is 2.81. The Bertz CT molecular complexity index is 967. The first-order chi connectivity index (χ1) is 14.0. The minimum Gasteiger partial charge on any atom is -0.494 e. The Morgan fingerprint density at radius 1 is 1.07 bits per heavy atom. The highest BCUT2D eigenvalue weighted by atomic mass is 32.2. The maximum atomic E-state index is 13.0. The van der Waals surface area contributed by atoms with Crippen molar-refractivity contribution in [3.63, 3.8) is 0 Å². The minimum atomic E-state index is -1.38. The maximum absolute atomic E-state index is 13.0. The standard InChI is InChI=1S/C22H22FNO4S/c1-2-27-18-7-3-16(4-8-18)13-14-24-22(25)21-12-9-19(28-21)15-29(26)20-10-5-17(23)6-11-20/h3-12H,2,13-15H2,1H3,(H,24,25)/t29-/m1/s1. The van der Waals surface area contributed by atoms with Gasteiger partial charge >= 0.3 is 0 Å². The summed E-state index contributed by atoms with van der Waals surface area (Å²) in [4.78, 5) is 12.7. The predicted molar refractivity (Wildman–Crippen MR) is 109 cm³/mol. The molecule has 3 aromatic rings. The van der Waals surface area contributed by atoms with Crippen molar-refractivity contribution < 1.29 is 22.5 Å². The molecule has 1 amide bonds. The van der Waals surface area contributed by atoms with Crippen molar-refractivity contribution in [2.24, 2.45) is 0 Å². The summed E-state index contributed by atoms with van der Waals surface area (Å²) in [5.41, 5.74) is 1.09. The number of ether oxygens (including phenoxy) is 1. The van der Waals surface area contributed by atoms with Crippen LogP contribution in [0.2, 0.25) is 0 Å². The van der Waals surface area contributed by atoms with Crippen molar-refractivity contribution in [2.75, 3.05) is 13.2 Å². The molecule has 0 saturated heterocycles. The van der Waals surface area contributed by atoms with Crippen molar-refractivity contribution in [3.05, 3.63) is 83.6 Å². The van der Waals surface area contributed by atoms with E-state index in [0.29, 0.717) is 30.2 Å². The van der Waals surface area contributed by atoms with Gasteiger partial charge in [0.15, 0.2) is 5.76 Å². The summed E-state index contributed by atoms with van der Waals surface area (Å²) in [6.45, 7) is 3.02. The zero-order valence-corrected chi connectivity index (χ0v) is 16.8. The fourth-order valence-corrected chi connectivity index (χ4v) is 3.72. The molecule has 1 heterocycles. The van der Waals surface area contributed by atoms with Gasteiger partial charge in [-0.3, -0.25) is 9.00 Å². The molecule has 0 bridgehead atoms. The van der Waals surface area contributed by atoms with E-state index in [0.717, 1.165) is 11.3 Å². The molecule has 0 saturated carbocycles. The van der Waals surface area contributed by atoms with Crippen LogP contribution in [0.25, 0.3) is 0 Å². The van der Waals surface area contributed by atoms with Gasteiger partial charge in [0.1, 0.15) is 17.3 Å². The summed E-state index contributed by atoms with van der Waals surface area (Å²) in [5.74, 6) is 0.835. The monoisotopic (exact) mass is 415 g/mol. The molecule has 2 aromatic carbocycles. The van der Waals surface area contributed by atoms with Crippen molar-refractivity contribution in [1.82, 2.24) is 5.32 Å². The second-order valence-corrected chi connectivity index (χ2v) is 7.74. The fourth-order valence-electron chi connectivity index (χ4n) is 2.70. The quantitative estimate of drug-likeness (QED) is 0.571. The molecule has 3 rings (SSSR count). The number of halogens is 1. The Kier molecular flexibility index (Phi) is 7.19. The van der Waals surface area contributed by atoms with Crippen LogP contribution in [0.3, 0.4) is 0 Å². The van der Waals surface area contributed by atoms with Crippen LogP contribution in [-0.4, -0.2) is 23.3 Å². The average molecular weight is 415 g/mol. The van der Waals surface area contributed by atoms with Gasteiger partial charge in [-0.2, -0.15) is 0 Å². The molecule has 29 heavy (non-hydrogen) atoms. The maximum Gasteiger partial charge on any atom is 0.287 e. The highest BCUT2D eigenvalue weighted by Crippen LogP contribution is 2.16. The number of benzene rings is 2. The van der Waals surface area contributed by atoms with Crippen LogP contribution in [0.15, 0.2) is 70.0 Å². The number of carbonyl (C=O) groups excluding carboxylic acids is 1.